The summed E-state index contributed by atoms with van der Waals surface area (Å²) in [5, 5.41) is 12.6. The smallest absolute Gasteiger partial charge is 0.117 e. The zero-order valence-corrected chi connectivity index (χ0v) is 11.2. The first-order valence-corrected chi connectivity index (χ1v) is 6.65. The fourth-order valence-electron chi connectivity index (χ4n) is 2.10. The normalized spacial score (nSPS) is 20.6. The zero-order valence-electron chi connectivity index (χ0n) is 9.57. The van der Waals surface area contributed by atoms with E-state index in [0.29, 0.717) is 5.92 Å². The highest BCUT2D eigenvalue weighted by atomic mass is 79.9. The molecule has 0 saturated carbocycles. The summed E-state index contributed by atoms with van der Waals surface area (Å²) < 4.78 is 1.05. The van der Waals surface area contributed by atoms with Crippen LogP contribution < -0.4 is 5.32 Å². The van der Waals surface area contributed by atoms with Crippen molar-refractivity contribution in [3.8, 4) is 6.07 Å². The number of nitrogens with one attached hydrogen (secondary N) is 1. The first-order chi connectivity index (χ1) is 8.29. The Balaban J connectivity index is 2.02. The van der Waals surface area contributed by atoms with Crippen molar-refractivity contribution in [1.82, 2.24) is 0 Å². The van der Waals surface area contributed by atoms with Crippen LogP contribution in [0.4, 0.5) is 5.69 Å². The van der Waals surface area contributed by atoms with Gasteiger partial charge in [0.15, 0.2) is 0 Å². The third kappa shape index (κ3) is 3.34. The van der Waals surface area contributed by atoms with E-state index in [-0.39, 0.29) is 6.04 Å². The van der Waals surface area contributed by atoms with Crippen molar-refractivity contribution in [2.45, 2.75) is 25.3 Å². The second-order valence-corrected chi connectivity index (χ2v) is 5.22. The van der Waals surface area contributed by atoms with Crippen molar-refractivity contribution in [2.75, 3.05) is 5.32 Å². The van der Waals surface area contributed by atoms with Crippen LogP contribution >= 0.6 is 15.9 Å². The van der Waals surface area contributed by atoms with Gasteiger partial charge in [0.1, 0.15) is 6.04 Å². The van der Waals surface area contributed by atoms with Crippen molar-refractivity contribution in [2.24, 2.45) is 5.92 Å². The minimum atomic E-state index is -0.0962. The maximum absolute atomic E-state index is 9.25. The molecule has 0 spiro atoms. The van der Waals surface area contributed by atoms with Crippen molar-refractivity contribution in [3.63, 3.8) is 0 Å². The molecule has 1 aliphatic carbocycles. The molecular weight excluding hydrogens is 276 g/mol. The largest absolute Gasteiger partial charge is 0.370 e. The molecule has 0 saturated heterocycles. The van der Waals surface area contributed by atoms with E-state index >= 15 is 0 Å². The fourth-order valence-corrected chi connectivity index (χ4v) is 2.37. The molecule has 17 heavy (non-hydrogen) atoms. The van der Waals surface area contributed by atoms with E-state index in [0.717, 1.165) is 29.4 Å². The summed E-state index contributed by atoms with van der Waals surface area (Å²) in [6.45, 7) is 0. The van der Waals surface area contributed by atoms with Gasteiger partial charge in [-0.3, -0.25) is 0 Å². The number of allylic oxidation sites excluding steroid dienone is 2. The number of halogens is 1. The lowest BCUT2D eigenvalue weighted by Gasteiger charge is -2.24. The first kappa shape index (κ1) is 12.2. The van der Waals surface area contributed by atoms with E-state index in [1.54, 1.807) is 0 Å². The van der Waals surface area contributed by atoms with Crippen LogP contribution in [0.1, 0.15) is 19.3 Å². The van der Waals surface area contributed by atoms with Gasteiger partial charge in [0.2, 0.25) is 0 Å². The van der Waals surface area contributed by atoms with Gasteiger partial charge in [-0.15, -0.1) is 0 Å². The molecule has 88 valence electrons. The third-order valence-corrected chi connectivity index (χ3v) is 3.62. The minimum absolute atomic E-state index is 0.0962. The number of rotatable bonds is 3. The molecule has 1 aromatic rings. The summed E-state index contributed by atoms with van der Waals surface area (Å²) in [4.78, 5) is 0. The van der Waals surface area contributed by atoms with E-state index in [4.69, 9.17) is 0 Å². The Morgan fingerprint density at radius 1 is 1.29 bits per heavy atom. The summed E-state index contributed by atoms with van der Waals surface area (Å²) in [7, 11) is 0. The van der Waals surface area contributed by atoms with E-state index in [9.17, 15) is 5.26 Å². The van der Waals surface area contributed by atoms with E-state index in [1.165, 1.54) is 0 Å². The highest BCUT2D eigenvalue weighted by Gasteiger charge is 2.21. The standard InChI is InChI=1S/C14H15BrN2/c15-12-6-8-13(9-7-12)17-14(10-16)11-4-2-1-3-5-11/h1-2,6-9,11,14,17H,3-5H2. The van der Waals surface area contributed by atoms with Crippen LogP contribution in [0.2, 0.25) is 0 Å². The maximum Gasteiger partial charge on any atom is 0.117 e. The fraction of sp³-hybridized carbons (Fsp3) is 0.357. The number of nitriles is 1. The Bertz CT molecular complexity index is 431. The molecule has 0 fully saturated rings. The zero-order chi connectivity index (χ0) is 12.1. The van der Waals surface area contributed by atoms with Crippen LogP contribution in [0.25, 0.3) is 0 Å². The summed E-state index contributed by atoms with van der Waals surface area (Å²) in [5.74, 6) is 0.425. The third-order valence-electron chi connectivity index (χ3n) is 3.09. The Labute approximate surface area is 110 Å². The van der Waals surface area contributed by atoms with E-state index in [2.05, 4.69) is 39.5 Å². The number of benzene rings is 1. The Morgan fingerprint density at radius 2 is 2.06 bits per heavy atom. The number of hydrogen-bond acceptors (Lipinski definition) is 2. The van der Waals surface area contributed by atoms with Gasteiger partial charge in [-0.25, -0.2) is 0 Å². The van der Waals surface area contributed by atoms with Crippen molar-refractivity contribution in [3.05, 3.63) is 40.9 Å². The van der Waals surface area contributed by atoms with Crippen molar-refractivity contribution in [1.29, 1.82) is 5.26 Å². The van der Waals surface area contributed by atoms with Crippen molar-refractivity contribution >= 4 is 21.6 Å². The number of nitrogens with zero attached hydrogens (tertiary/aromatic N) is 1. The van der Waals surface area contributed by atoms with Crippen LogP contribution in [0, 0.1) is 17.2 Å². The molecule has 0 radical (unpaired) electrons. The number of anilines is 1. The molecule has 1 N–H and O–H groups in total. The highest BCUT2D eigenvalue weighted by molar-refractivity contribution is 9.10. The lowest BCUT2D eigenvalue weighted by Crippen LogP contribution is -2.28. The quantitative estimate of drug-likeness (QED) is 0.851. The lowest BCUT2D eigenvalue weighted by atomic mass is 9.88. The summed E-state index contributed by atoms with van der Waals surface area (Å²) in [6.07, 6.45) is 7.57. The Morgan fingerprint density at radius 3 is 2.65 bits per heavy atom. The van der Waals surface area contributed by atoms with E-state index < -0.39 is 0 Å². The summed E-state index contributed by atoms with van der Waals surface area (Å²) in [5.41, 5.74) is 1.01. The second-order valence-electron chi connectivity index (χ2n) is 4.30. The van der Waals surface area contributed by atoms with Gasteiger partial charge in [-0.05, 0) is 49.4 Å². The molecule has 2 atom stereocenters. The molecule has 3 heteroatoms. The molecular formula is C14H15BrN2. The van der Waals surface area contributed by atoms with E-state index in [1.807, 2.05) is 24.3 Å². The van der Waals surface area contributed by atoms with Crippen LogP contribution in [0.15, 0.2) is 40.9 Å². The molecule has 0 aliphatic heterocycles. The molecule has 0 amide bonds. The average molecular weight is 291 g/mol. The highest BCUT2D eigenvalue weighted by Crippen LogP contribution is 2.24. The SMILES string of the molecule is N#CC(Nc1ccc(Br)cc1)C1CC=CCC1. The van der Waals surface area contributed by atoms with Gasteiger partial charge in [0.25, 0.3) is 0 Å². The van der Waals surface area contributed by atoms with Gasteiger partial charge in [0.05, 0.1) is 6.07 Å². The molecule has 1 aliphatic rings. The Kier molecular flexibility index (Phi) is 4.22. The monoisotopic (exact) mass is 290 g/mol. The Hall–Kier alpha value is -1.27. The van der Waals surface area contributed by atoms with Crippen LogP contribution in [-0.2, 0) is 0 Å². The van der Waals surface area contributed by atoms with Gasteiger partial charge in [-0.1, -0.05) is 28.1 Å². The minimum Gasteiger partial charge on any atom is -0.370 e. The van der Waals surface area contributed by atoms with Crippen molar-refractivity contribution < 1.29 is 0 Å². The average Bonchev–Trinajstić information content (AvgIpc) is 2.39. The second kappa shape index (κ2) is 5.88. The maximum atomic E-state index is 9.25. The summed E-state index contributed by atoms with van der Waals surface area (Å²) in [6, 6.07) is 10.2. The van der Waals surface area contributed by atoms with Crippen LogP contribution in [0.3, 0.4) is 0 Å². The molecule has 2 rings (SSSR count). The van der Waals surface area contributed by atoms with Gasteiger partial charge >= 0.3 is 0 Å². The molecule has 2 nitrogen and oxygen atoms in total. The molecule has 1 aromatic carbocycles. The topological polar surface area (TPSA) is 35.8 Å². The summed E-state index contributed by atoms with van der Waals surface area (Å²) >= 11 is 3.40. The molecule has 0 heterocycles. The van der Waals surface area contributed by atoms with Crippen LogP contribution in [0.5, 0.6) is 0 Å². The predicted molar refractivity (Wildman–Crippen MR) is 73.6 cm³/mol. The lowest BCUT2D eigenvalue weighted by molar-refractivity contribution is 0.458. The first-order valence-electron chi connectivity index (χ1n) is 5.86. The molecule has 2 unspecified atom stereocenters. The molecule has 0 bridgehead atoms. The van der Waals surface area contributed by atoms with Gasteiger partial charge in [-0.2, -0.15) is 5.26 Å². The van der Waals surface area contributed by atoms with Gasteiger partial charge < -0.3 is 5.32 Å². The predicted octanol–water partition coefficient (Wildman–Crippen LogP) is 4.11. The number of hydrogen-bond donors (Lipinski definition) is 1. The van der Waals surface area contributed by atoms with Crippen LogP contribution in [-0.4, -0.2) is 6.04 Å². The van der Waals surface area contributed by atoms with Gasteiger partial charge in [0, 0.05) is 10.2 Å². The molecule has 0 aromatic heterocycles.